The van der Waals surface area contributed by atoms with E-state index in [2.05, 4.69) is 55.9 Å². The van der Waals surface area contributed by atoms with Gasteiger partial charge in [-0.25, -0.2) is 9.97 Å². The second kappa shape index (κ2) is 6.00. The average molecular weight is 324 g/mol. The molecule has 4 rings (SSSR count). The van der Waals surface area contributed by atoms with E-state index in [0.717, 1.165) is 49.2 Å². The molecule has 6 heteroatoms. The first-order valence-electron chi connectivity index (χ1n) is 8.72. The first-order chi connectivity index (χ1) is 11.6. The van der Waals surface area contributed by atoms with E-state index >= 15 is 0 Å². The highest BCUT2D eigenvalue weighted by Gasteiger charge is 2.41. The molecule has 0 radical (unpaired) electrons. The third-order valence-electron chi connectivity index (χ3n) is 5.18. The third-order valence-corrected chi connectivity index (χ3v) is 5.18. The maximum absolute atomic E-state index is 4.50. The van der Waals surface area contributed by atoms with E-state index in [1.807, 2.05) is 13.0 Å². The highest BCUT2D eigenvalue weighted by Crippen LogP contribution is 2.35. The molecule has 2 saturated heterocycles. The molecule has 0 N–H and O–H groups in total. The van der Waals surface area contributed by atoms with Crippen molar-refractivity contribution in [2.24, 2.45) is 11.8 Å². The van der Waals surface area contributed by atoms with Crippen molar-refractivity contribution in [2.45, 2.75) is 26.7 Å². The summed E-state index contributed by atoms with van der Waals surface area (Å²) in [6.07, 6.45) is 1.70. The SMILES string of the molecule is Cc1ccc(N2CC3CN(c4cc(C(C)C)ncn4)CC3C2)nn1. The molecular formula is C18H24N6. The number of nitrogens with zero attached hydrogens (tertiary/aromatic N) is 6. The van der Waals surface area contributed by atoms with Gasteiger partial charge in [0, 0.05) is 49.8 Å². The maximum atomic E-state index is 4.50. The first-order valence-corrected chi connectivity index (χ1v) is 8.72. The second-order valence-electron chi connectivity index (χ2n) is 7.32. The molecule has 2 aromatic heterocycles. The van der Waals surface area contributed by atoms with Crippen LogP contribution in [0.25, 0.3) is 0 Å². The Morgan fingerprint density at radius 3 is 2.17 bits per heavy atom. The number of aryl methyl sites for hydroxylation is 1. The average Bonchev–Trinajstić information content (AvgIpc) is 3.14. The van der Waals surface area contributed by atoms with Gasteiger partial charge in [-0.2, -0.15) is 5.10 Å². The molecule has 0 aromatic carbocycles. The van der Waals surface area contributed by atoms with Crippen molar-refractivity contribution in [3.63, 3.8) is 0 Å². The molecule has 0 aliphatic carbocycles. The van der Waals surface area contributed by atoms with Gasteiger partial charge < -0.3 is 9.80 Å². The van der Waals surface area contributed by atoms with Crippen LogP contribution in [0.3, 0.4) is 0 Å². The topological polar surface area (TPSA) is 58.0 Å². The fourth-order valence-corrected chi connectivity index (χ4v) is 3.78. The van der Waals surface area contributed by atoms with Gasteiger partial charge in [0.15, 0.2) is 5.82 Å². The summed E-state index contributed by atoms with van der Waals surface area (Å²) in [5.74, 6) is 3.86. The van der Waals surface area contributed by atoms with Crippen molar-refractivity contribution >= 4 is 11.6 Å². The number of hydrogen-bond donors (Lipinski definition) is 0. The summed E-state index contributed by atoms with van der Waals surface area (Å²) in [6, 6.07) is 6.27. The van der Waals surface area contributed by atoms with Gasteiger partial charge in [0.2, 0.25) is 0 Å². The van der Waals surface area contributed by atoms with Gasteiger partial charge in [0.1, 0.15) is 12.1 Å². The molecule has 2 atom stereocenters. The Morgan fingerprint density at radius 2 is 1.58 bits per heavy atom. The van der Waals surface area contributed by atoms with E-state index in [1.165, 1.54) is 0 Å². The molecule has 6 nitrogen and oxygen atoms in total. The largest absolute Gasteiger partial charge is 0.356 e. The fraction of sp³-hybridized carbons (Fsp3) is 0.556. The molecule has 2 aliphatic heterocycles. The zero-order valence-corrected chi connectivity index (χ0v) is 14.6. The van der Waals surface area contributed by atoms with Crippen LogP contribution >= 0.6 is 0 Å². The Kier molecular flexibility index (Phi) is 3.82. The number of anilines is 2. The highest BCUT2D eigenvalue weighted by molar-refractivity contribution is 5.45. The van der Waals surface area contributed by atoms with E-state index < -0.39 is 0 Å². The minimum Gasteiger partial charge on any atom is -0.356 e. The summed E-state index contributed by atoms with van der Waals surface area (Å²) < 4.78 is 0. The van der Waals surface area contributed by atoms with Gasteiger partial charge in [-0.3, -0.25) is 0 Å². The van der Waals surface area contributed by atoms with Crippen molar-refractivity contribution in [1.82, 2.24) is 20.2 Å². The second-order valence-corrected chi connectivity index (χ2v) is 7.32. The minimum absolute atomic E-state index is 0.435. The molecular weight excluding hydrogens is 300 g/mol. The van der Waals surface area contributed by atoms with Crippen LogP contribution in [0.1, 0.15) is 31.2 Å². The number of fused-ring (bicyclic) bond motifs is 1. The fourth-order valence-electron chi connectivity index (χ4n) is 3.78. The lowest BCUT2D eigenvalue weighted by Crippen LogP contribution is -2.29. The molecule has 0 bridgehead atoms. The molecule has 2 aromatic rings. The number of hydrogen-bond acceptors (Lipinski definition) is 6. The monoisotopic (exact) mass is 324 g/mol. The van der Waals surface area contributed by atoms with Gasteiger partial charge in [0.25, 0.3) is 0 Å². The molecule has 2 unspecified atom stereocenters. The van der Waals surface area contributed by atoms with Gasteiger partial charge in [-0.1, -0.05) is 13.8 Å². The van der Waals surface area contributed by atoms with Gasteiger partial charge >= 0.3 is 0 Å². The van der Waals surface area contributed by atoms with E-state index in [9.17, 15) is 0 Å². The summed E-state index contributed by atoms with van der Waals surface area (Å²) in [6.45, 7) is 10.6. The normalized spacial score (nSPS) is 23.2. The van der Waals surface area contributed by atoms with Crippen molar-refractivity contribution < 1.29 is 0 Å². The zero-order valence-electron chi connectivity index (χ0n) is 14.6. The summed E-state index contributed by atoms with van der Waals surface area (Å²) in [7, 11) is 0. The van der Waals surface area contributed by atoms with Crippen LogP contribution in [-0.4, -0.2) is 46.3 Å². The molecule has 24 heavy (non-hydrogen) atoms. The number of rotatable bonds is 3. The number of aromatic nitrogens is 4. The van der Waals surface area contributed by atoms with Crippen LogP contribution in [0.2, 0.25) is 0 Å². The van der Waals surface area contributed by atoms with Crippen molar-refractivity contribution in [1.29, 1.82) is 0 Å². The Bertz CT molecular complexity index is 700. The summed E-state index contributed by atoms with van der Waals surface area (Å²) in [5.41, 5.74) is 2.09. The van der Waals surface area contributed by atoms with Crippen LogP contribution in [0.15, 0.2) is 24.5 Å². The van der Waals surface area contributed by atoms with Crippen LogP contribution in [-0.2, 0) is 0 Å². The first kappa shape index (κ1) is 15.3. The van der Waals surface area contributed by atoms with E-state index in [1.54, 1.807) is 6.33 Å². The van der Waals surface area contributed by atoms with Gasteiger partial charge in [0.05, 0.1) is 5.69 Å². The van der Waals surface area contributed by atoms with Crippen LogP contribution < -0.4 is 9.80 Å². The van der Waals surface area contributed by atoms with Crippen LogP contribution in [0.4, 0.5) is 11.6 Å². The molecule has 2 fully saturated rings. The third kappa shape index (κ3) is 2.81. The maximum Gasteiger partial charge on any atom is 0.151 e. The standard InChI is InChI=1S/C18H24N6/c1-12(2)16-6-18(20-11-19-16)24-9-14-7-23(8-15(14)10-24)17-5-4-13(3)21-22-17/h4-6,11-12,14-15H,7-10H2,1-3H3. The Labute approximate surface area is 142 Å². The van der Waals surface area contributed by atoms with Gasteiger partial charge in [-0.05, 0) is 25.0 Å². The Morgan fingerprint density at radius 1 is 0.917 bits per heavy atom. The molecule has 2 aliphatic rings. The van der Waals surface area contributed by atoms with Crippen LogP contribution in [0.5, 0.6) is 0 Å². The lowest BCUT2D eigenvalue weighted by Gasteiger charge is -2.23. The molecule has 0 amide bonds. The smallest absolute Gasteiger partial charge is 0.151 e. The molecule has 4 heterocycles. The van der Waals surface area contributed by atoms with E-state index in [0.29, 0.717) is 17.8 Å². The van der Waals surface area contributed by atoms with Crippen molar-refractivity contribution in [2.75, 3.05) is 36.0 Å². The predicted molar refractivity (Wildman–Crippen MR) is 94.3 cm³/mol. The van der Waals surface area contributed by atoms with Crippen molar-refractivity contribution in [3.8, 4) is 0 Å². The quantitative estimate of drug-likeness (QED) is 0.863. The molecule has 0 spiro atoms. The van der Waals surface area contributed by atoms with Crippen molar-refractivity contribution in [3.05, 3.63) is 35.9 Å². The molecule has 0 saturated carbocycles. The summed E-state index contributed by atoms with van der Waals surface area (Å²) in [4.78, 5) is 13.7. The highest BCUT2D eigenvalue weighted by atomic mass is 15.3. The summed E-state index contributed by atoms with van der Waals surface area (Å²) >= 11 is 0. The lowest BCUT2D eigenvalue weighted by molar-refractivity contribution is 0.533. The Balaban J connectivity index is 1.44. The van der Waals surface area contributed by atoms with E-state index in [4.69, 9.17) is 0 Å². The zero-order chi connectivity index (χ0) is 16.7. The van der Waals surface area contributed by atoms with Crippen LogP contribution in [0, 0.1) is 18.8 Å². The molecule has 126 valence electrons. The summed E-state index contributed by atoms with van der Waals surface area (Å²) in [5, 5.41) is 8.52. The predicted octanol–water partition coefficient (Wildman–Crippen LogP) is 2.27. The minimum atomic E-state index is 0.435. The van der Waals surface area contributed by atoms with E-state index in [-0.39, 0.29) is 0 Å². The lowest BCUT2D eigenvalue weighted by atomic mass is 10.0. The van der Waals surface area contributed by atoms with Gasteiger partial charge in [-0.15, -0.1) is 5.10 Å². The Hall–Kier alpha value is -2.24.